The Balaban J connectivity index is 2.12. The van der Waals surface area contributed by atoms with E-state index in [9.17, 15) is 0 Å². The summed E-state index contributed by atoms with van der Waals surface area (Å²) in [6.07, 6.45) is 7.52. The molecule has 0 unspecified atom stereocenters. The second-order valence-corrected chi connectivity index (χ2v) is 5.61. The van der Waals surface area contributed by atoms with Crippen LogP contribution in [0.15, 0.2) is 6.07 Å². The molecule has 0 aromatic carbocycles. The van der Waals surface area contributed by atoms with Crippen LogP contribution in [0.3, 0.4) is 0 Å². The lowest BCUT2D eigenvalue weighted by atomic mass is 9.80. The van der Waals surface area contributed by atoms with Crippen molar-refractivity contribution in [2.75, 3.05) is 11.9 Å². The minimum absolute atomic E-state index is 0.576. The minimum Gasteiger partial charge on any atom is -0.370 e. The largest absolute Gasteiger partial charge is 0.370 e. The van der Waals surface area contributed by atoms with Gasteiger partial charge in [0.15, 0.2) is 0 Å². The van der Waals surface area contributed by atoms with Crippen molar-refractivity contribution in [1.82, 2.24) is 9.97 Å². The fourth-order valence-corrected chi connectivity index (χ4v) is 2.98. The van der Waals surface area contributed by atoms with Crippen LogP contribution >= 0.6 is 0 Å². The maximum absolute atomic E-state index is 4.76. The van der Waals surface area contributed by atoms with E-state index >= 15 is 0 Å². The second kappa shape index (κ2) is 6.88. The van der Waals surface area contributed by atoms with Gasteiger partial charge in [0.25, 0.3) is 0 Å². The van der Waals surface area contributed by atoms with Crippen LogP contribution in [0.5, 0.6) is 0 Å². The predicted octanol–water partition coefficient (Wildman–Crippen LogP) is 4.15. The number of nitrogens with zero attached hydrogens (tertiary/aromatic N) is 2. The summed E-state index contributed by atoms with van der Waals surface area (Å²) in [5, 5.41) is 3.33. The van der Waals surface area contributed by atoms with E-state index in [-0.39, 0.29) is 0 Å². The van der Waals surface area contributed by atoms with Gasteiger partial charge >= 0.3 is 0 Å². The molecular formula is C16H27N3. The Morgan fingerprint density at radius 3 is 2.42 bits per heavy atom. The summed E-state index contributed by atoms with van der Waals surface area (Å²) in [5.41, 5.74) is 1.17. The molecule has 2 rings (SSSR count). The van der Waals surface area contributed by atoms with Crippen molar-refractivity contribution in [3.63, 3.8) is 0 Å². The Labute approximate surface area is 117 Å². The second-order valence-electron chi connectivity index (χ2n) is 5.61. The first-order chi connectivity index (χ1) is 9.26. The van der Waals surface area contributed by atoms with Gasteiger partial charge in [0.1, 0.15) is 11.6 Å². The van der Waals surface area contributed by atoms with Crippen molar-refractivity contribution >= 4 is 5.82 Å². The standard InChI is InChI=1S/C16H27N3/c1-4-12-7-9-13(10-8-12)16-18-14(5-2)11-15(19-16)17-6-3/h11-13H,4-10H2,1-3H3,(H,17,18,19). The van der Waals surface area contributed by atoms with E-state index in [4.69, 9.17) is 9.97 Å². The number of aromatic nitrogens is 2. The van der Waals surface area contributed by atoms with Crippen molar-refractivity contribution in [3.8, 4) is 0 Å². The zero-order valence-corrected chi connectivity index (χ0v) is 12.6. The molecule has 0 saturated heterocycles. The first-order valence-electron chi connectivity index (χ1n) is 7.88. The number of rotatable bonds is 5. The molecule has 1 fully saturated rings. The van der Waals surface area contributed by atoms with Crippen LogP contribution in [-0.4, -0.2) is 16.5 Å². The molecule has 0 aliphatic heterocycles. The fourth-order valence-electron chi connectivity index (χ4n) is 2.98. The van der Waals surface area contributed by atoms with Gasteiger partial charge in [0.05, 0.1) is 0 Å². The highest BCUT2D eigenvalue weighted by molar-refractivity contribution is 5.36. The van der Waals surface area contributed by atoms with E-state index in [1.54, 1.807) is 0 Å². The van der Waals surface area contributed by atoms with Gasteiger partial charge in [0, 0.05) is 24.2 Å². The summed E-state index contributed by atoms with van der Waals surface area (Å²) in [6.45, 7) is 7.50. The van der Waals surface area contributed by atoms with Crippen LogP contribution < -0.4 is 5.32 Å². The lowest BCUT2D eigenvalue weighted by Gasteiger charge is -2.27. The van der Waals surface area contributed by atoms with Crippen LogP contribution in [0.2, 0.25) is 0 Å². The lowest BCUT2D eigenvalue weighted by Crippen LogP contribution is -2.16. The SMILES string of the molecule is CCNc1cc(CC)nc(C2CCC(CC)CC2)n1. The first-order valence-corrected chi connectivity index (χ1v) is 7.88. The van der Waals surface area contributed by atoms with Crippen LogP contribution in [0.1, 0.15) is 70.3 Å². The summed E-state index contributed by atoms with van der Waals surface area (Å²) in [7, 11) is 0. The van der Waals surface area contributed by atoms with Gasteiger partial charge in [-0.3, -0.25) is 0 Å². The summed E-state index contributed by atoms with van der Waals surface area (Å²) in [6, 6.07) is 2.09. The molecule has 1 aliphatic rings. The summed E-state index contributed by atoms with van der Waals surface area (Å²) < 4.78 is 0. The van der Waals surface area contributed by atoms with Crippen LogP contribution in [0, 0.1) is 5.92 Å². The van der Waals surface area contributed by atoms with E-state index in [0.717, 1.165) is 30.5 Å². The van der Waals surface area contributed by atoms with Crippen molar-refractivity contribution in [2.24, 2.45) is 5.92 Å². The highest BCUT2D eigenvalue weighted by Crippen LogP contribution is 2.35. The van der Waals surface area contributed by atoms with Gasteiger partial charge < -0.3 is 5.32 Å². The highest BCUT2D eigenvalue weighted by Gasteiger charge is 2.23. The smallest absolute Gasteiger partial charge is 0.134 e. The summed E-state index contributed by atoms with van der Waals surface area (Å²) >= 11 is 0. The van der Waals surface area contributed by atoms with E-state index in [0.29, 0.717) is 5.92 Å². The normalized spacial score (nSPS) is 23.3. The number of anilines is 1. The van der Waals surface area contributed by atoms with Crippen molar-refractivity contribution < 1.29 is 0 Å². The zero-order chi connectivity index (χ0) is 13.7. The van der Waals surface area contributed by atoms with Crippen molar-refractivity contribution in [1.29, 1.82) is 0 Å². The molecule has 106 valence electrons. The van der Waals surface area contributed by atoms with Gasteiger partial charge in [0.2, 0.25) is 0 Å². The van der Waals surface area contributed by atoms with Gasteiger partial charge in [-0.15, -0.1) is 0 Å². The summed E-state index contributed by atoms with van der Waals surface area (Å²) in [4.78, 5) is 9.48. The first kappa shape index (κ1) is 14.3. The van der Waals surface area contributed by atoms with E-state index in [1.807, 2.05) is 0 Å². The molecule has 0 spiro atoms. The predicted molar refractivity (Wildman–Crippen MR) is 80.6 cm³/mol. The van der Waals surface area contributed by atoms with Gasteiger partial charge in [-0.1, -0.05) is 20.3 Å². The molecule has 19 heavy (non-hydrogen) atoms. The Morgan fingerprint density at radius 1 is 1.11 bits per heavy atom. The Bertz CT molecular complexity index is 395. The van der Waals surface area contributed by atoms with Crippen LogP contribution in [-0.2, 0) is 6.42 Å². The van der Waals surface area contributed by atoms with Gasteiger partial charge in [-0.25, -0.2) is 9.97 Å². The third-order valence-corrected chi connectivity index (χ3v) is 4.31. The Hall–Kier alpha value is -1.12. The quantitative estimate of drug-likeness (QED) is 0.865. The zero-order valence-electron chi connectivity index (χ0n) is 12.6. The molecule has 0 atom stereocenters. The molecule has 3 nitrogen and oxygen atoms in total. The lowest BCUT2D eigenvalue weighted by molar-refractivity contribution is 0.312. The average Bonchev–Trinajstić information content (AvgIpc) is 2.47. The maximum atomic E-state index is 4.76. The fraction of sp³-hybridized carbons (Fsp3) is 0.750. The van der Waals surface area contributed by atoms with Gasteiger partial charge in [-0.05, 0) is 44.9 Å². The van der Waals surface area contributed by atoms with Crippen molar-refractivity contribution in [2.45, 2.75) is 65.2 Å². The number of hydrogen-bond acceptors (Lipinski definition) is 3. The third-order valence-electron chi connectivity index (χ3n) is 4.31. The molecule has 3 heteroatoms. The molecule has 1 aliphatic carbocycles. The van der Waals surface area contributed by atoms with Crippen LogP contribution in [0.25, 0.3) is 0 Å². The number of hydrogen-bond donors (Lipinski definition) is 1. The van der Waals surface area contributed by atoms with Crippen LogP contribution in [0.4, 0.5) is 5.82 Å². The number of aryl methyl sites for hydroxylation is 1. The molecule has 1 saturated carbocycles. The Kier molecular flexibility index (Phi) is 5.17. The van der Waals surface area contributed by atoms with E-state index < -0.39 is 0 Å². The Morgan fingerprint density at radius 2 is 1.84 bits per heavy atom. The molecule has 1 N–H and O–H groups in total. The molecule has 0 radical (unpaired) electrons. The monoisotopic (exact) mass is 261 g/mol. The molecule has 0 amide bonds. The topological polar surface area (TPSA) is 37.8 Å². The molecular weight excluding hydrogens is 234 g/mol. The van der Waals surface area contributed by atoms with Gasteiger partial charge in [-0.2, -0.15) is 0 Å². The molecule has 1 aromatic heterocycles. The molecule has 1 heterocycles. The van der Waals surface area contributed by atoms with Crippen molar-refractivity contribution in [3.05, 3.63) is 17.6 Å². The average molecular weight is 261 g/mol. The minimum atomic E-state index is 0.576. The highest BCUT2D eigenvalue weighted by atomic mass is 15.0. The number of nitrogens with one attached hydrogen (secondary N) is 1. The van der Waals surface area contributed by atoms with E-state index in [2.05, 4.69) is 32.2 Å². The third kappa shape index (κ3) is 3.68. The molecule has 1 aromatic rings. The summed E-state index contributed by atoms with van der Waals surface area (Å²) in [5.74, 6) is 3.58. The maximum Gasteiger partial charge on any atom is 0.134 e. The van der Waals surface area contributed by atoms with E-state index in [1.165, 1.54) is 37.8 Å². The molecule has 0 bridgehead atoms.